The number of carbonyl (C=O) groups is 7. The molecule has 0 radical (unpaired) electrons. The van der Waals surface area contributed by atoms with Gasteiger partial charge < -0.3 is 35.4 Å². The van der Waals surface area contributed by atoms with Gasteiger partial charge in [0, 0.05) is 39.3 Å². The molecule has 54 heavy (non-hydrogen) atoms. The molecule has 6 amide bonds. The number of hydrogen-bond donors (Lipinski definition) is 3. The van der Waals surface area contributed by atoms with Gasteiger partial charge in [-0.1, -0.05) is 37.3 Å². The second-order valence-electron chi connectivity index (χ2n) is 15.0. The van der Waals surface area contributed by atoms with E-state index in [4.69, 9.17) is 4.74 Å². The van der Waals surface area contributed by atoms with Gasteiger partial charge in [0.05, 0.1) is 12.1 Å². The van der Waals surface area contributed by atoms with Crippen molar-refractivity contribution in [3.8, 4) is 0 Å². The quantitative estimate of drug-likeness (QED) is 0.323. The molecule has 290 valence electrons. The molecule has 7 atom stereocenters. The maximum atomic E-state index is 14.5. The van der Waals surface area contributed by atoms with Crippen LogP contribution < -0.4 is 16.0 Å². The molecule has 4 fully saturated rings. The van der Waals surface area contributed by atoms with Gasteiger partial charge in [-0.25, -0.2) is 4.79 Å². The van der Waals surface area contributed by atoms with Crippen molar-refractivity contribution in [2.45, 2.75) is 101 Å². The molecule has 0 aliphatic carbocycles. The van der Waals surface area contributed by atoms with E-state index in [1.54, 1.807) is 30.9 Å². The Kier molecular flexibility index (Phi) is 12.0. The molecule has 5 heterocycles. The van der Waals surface area contributed by atoms with Crippen molar-refractivity contribution in [3.63, 3.8) is 0 Å². The smallest absolute Gasteiger partial charge is 0.328 e. The molecule has 0 unspecified atom stereocenters. The Labute approximate surface area is 314 Å². The Morgan fingerprint density at radius 2 is 1.61 bits per heavy atom. The molecular formula is C38H50N8O8. The van der Waals surface area contributed by atoms with Crippen molar-refractivity contribution in [2.75, 3.05) is 26.2 Å². The molecule has 3 N–H and O–H groups in total. The predicted molar refractivity (Wildman–Crippen MR) is 193 cm³/mol. The fourth-order valence-electron chi connectivity index (χ4n) is 8.01. The number of piperidine rings is 1. The van der Waals surface area contributed by atoms with Crippen LogP contribution in [0, 0.1) is 5.92 Å². The van der Waals surface area contributed by atoms with Crippen LogP contribution in [-0.2, 0) is 58.2 Å². The van der Waals surface area contributed by atoms with Crippen molar-refractivity contribution >= 4 is 41.4 Å². The molecular weight excluding hydrogens is 696 g/mol. The Morgan fingerprint density at radius 1 is 0.889 bits per heavy atom. The van der Waals surface area contributed by atoms with Crippen molar-refractivity contribution in [2.24, 2.45) is 13.0 Å². The molecule has 0 spiro atoms. The summed E-state index contributed by atoms with van der Waals surface area (Å²) in [7, 11) is 1.73. The minimum Gasteiger partial charge on any atom is -0.461 e. The lowest BCUT2D eigenvalue weighted by Crippen LogP contribution is -2.62. The second-order valence-corrected chi connectivity index (χ2v) is 15.0. The van der Waals surface area contributed by atoms with Gasteiger partial charge >= 0.3 is 5.97 Å². The normalized spacial score (nSPS) is 27.4. The van der Waals surface area contributed by atoms with Crippen molar-refractivity contribution < 1.29 is 38.3 Å². The zero-order valence-corrected chi connectivity index (χ0v) is 31.1. The summed E-state index contributed by atoms with van der Waals surface area (Å²) in [6, 6.07) is 4.58. The van der Waals surface area contributed by atoms with Crippen LogP contribution in [0.25, 0.3) is 0 Å². The predicted octanol–water partition coefficient (Wildman–Crippen LogP) is -0.154. The zero-order valence-electron chi connectivity index (χ0n) is 31.1. The number of hydrogen-bond acceptors (Lipinski definition) is 9. The Balaban J connectivity index is 1.29. The van der Waals surface area contributed by atoms with Crippen LogP contribution in [0.5, 0.6) is 0 Å². The van der Waals surface area contributed by atoms with Crippen LogP contribution in [0.1, 0.15) is 63.6 Å². The minimum atomic E-state index is -1.42. The largest absolute Gasteiger partial charge is 0.461 e. The lowest BCUT2D eigenvalue weighted by atomic mass is 9.99. The lowest BCUT2D eigenvalue weighted by molar-refractivity contribution is -0.158. The Morgan fingerprint density at radius 3 is 2.35 bits per heavy atom. The van der Waals surface area contributed by atoms with Gasteiger partial charge in [0.1, 0.15) is 42.9 Å². The number of esters is 1. The van der Waals surface area contributed by atoms with E-state index in [9.17, 15) is 33.6 Å². The van der Waals surface area contributed by atoms with Crippen LogP contribution in [0.2, 0.25) is 0 Å². The van der Waals surface area contributed by atoms with Crippen LogP contribution in [0.15, 0.2) is 42.6 Å². The van der Waals surface area contributed by atoms with Gasteiger partial charge in [-0.3, -0.25) is 33.4 Å². The number of aromatic nitrogens is 2. The van der Waals surface area contributed by atoms with E-state index in [1.165, 1.54) is 14.7 Å². The number of amides is 6. The monoisotopic (exact) mass is 746 g/mol. The number of aryl methyl sites for hydroxylation is 1. The first-order chi connectivity index (χ1) is 25.9. The molecule has 16 nitrogen and oxygen atoms in total. The SMILES string of the molecule is C[C@H]1C[C@H]2C(=O)OC[C@H](NC(=O)[C@H](Cc3ccccc3)NC(=O)Cc3ccn(C)n3)C(=O)N3CCC[C@H]3C(=O)N3CCCC[C@H]3C(=O)N[C@@H](C)C(=O)N2C1. The third-order valence-electron chi connectivity index (χ3n) is 10.8. The summed E-state index contributed by atoms with van der Waals surface area (Å²) in [5.74, 6) is -3.86. The standard InChI is InChI=1S/C38H50N8O8/c1-23-18-31-38(53)54-22-28(41-33(48)27(19-25-10-5-4-6-11-25)40-32(47)20-26-14-17-43(3)42-26)36(51)45-16-9-13-30(45)37(52)44-15-8-7-12-29(44)34(49)39-24(2)35(50)46(31)21-23/h4-6,10-11,14,17,23-24,27-31H,7-9,12-13,15-16,18-22H2,1-3H3,(H,39,49)(H,40,47)(H,41,48)/t23-,24-,27-,28-,29-,30-,31-/m0/s1. The summed E-state index contributed by atoms with van der Waals surface area (Å²) < 4.78 is 7.31. The van der Waals surface area contributed by atoms with E-state index in [0.717, 1.165) is 5.56 Å². The second kappa shape index (κ2) is 16.8. The number of nitrogens with one attached hydrogen (secondary N) is 3. The number of cyclic esters (lactones) is 1. The van der Waals surface area contributed by atoms with E-state index >= 15 is 0 Å². The maximum absolute atomic E-state index is 14.5. The van der Waals surface area contributed by atoms with E-state index in [2.05, 4.69) is 21.0 Å². The summed E-state index contributed by atoms with van der Waals surface area (Å²) in [4.78, 5) is 101. The average Bonchev–Trinajstić information content (AvgIpc) is 3.91. The van der Waals surface area contributed by atoms with Crippen molar-refractivity contribution in [1.82, 2.24) is 40.4 Å². The number of rotatable bonds is 7. The van der Waals surface area contributed by atoms with Gasteiger partial charge in [-0.15, -0.1) is 0 Å². The molecule has 0 saturated carbocycles. The minimum absolute atomic E-state index is 0.0427. The van der Waals surface area contributed by atoms with Crippen LogP contribution in [0.4, 0.5) is 0 Å². The first-order valence-electron chi connectivity index (χ1n) is 18.9. The molecule has 1 aromatic carbocycles. The molecule has 2 aromatic rings. The topological polar surface area (TPSA) is 192 Å². The molecule has 4 saturated heterocycles. The average molecular weight is 747 g/mol. The zero-order chi connectivity index (χ0) is 38.5. The maximum Gasteiger partial charge on any atom is 0.328 e. The third kappa shape index (κ3) is 8.74. The summed E-state index contributed by atoms with van der Waals surface area (Å²) in [5.41, 5.74) is 1.26. The van der Waals surface area contributed by atoms with Gasteiger partial charge in [0.2, 0.25) is 35.4 Å². The van der Waals surface area contributed by atoms with Crippen LogP contribution >= 0.6 is 0 Å². The number of ether oxygens (including phenoxy) is 1. The fraction of sp³-hybridized carbons (Fsp3) is 0.579. The van der Waals surface area contributed by atoms with Crippen LogP contribution in [-0.4, -0.2) is 128 Å². The van der Waals surface area contributed by atoms with Gasteiger partial charge in [-0.2, -0.15) is 5.10 Å². The number of fused-ring (bicyclic) bond motifs is 3. The summed E-state index contributed by atoms with van der Waals surface area (Å²) >= 11 is 0. The highest BCUT2D eigenvalue weighted by Gasteiger charge is 2.46. The third-order valence-corrected chi connectivity index (χ3v) is 10.8. The highest BCUT2D eigenvalue weighted by molar-refractivity contribution is 5.98. The number of nitrogens with zero attached hydrogens (tertiary/aromatic N) is 5. The number of carbonyl (C=O) groups excluding carboxylic acids is 7. The first kappa shape index (κ1) is 38.4. The van der Waals surface area contributed by atoms with Crippen molar-refractivity contribution in [3.05, 3.63) is 53.9 Å². The fourth-order valence-corrected chi connectivity index (χ4v) is 8.01. The summed E-state index contributed by atoms with van der Waals surface area (Å²) in [6.45, 7) is 3.70. The Bertz CT molecular complexity index is 1750. The van der Waals surface area contributed by atoms with E-state index < -0.39 is 78.4 Å². The van der Waals surface area contributed by atoms with E-state index in [0.29, 0.717) is 50.8 Å². The lowest BCUT2D eigenvalue weighted by Gasteiger charge is -2.39. The molecule has 6 rings (SSSR count). The molecule has 16 heteroatoms. The van der Waals surface area contributed by atoms with E-state index in [-0.39, 0.29) is 37.8 Å². The van der Waals surface area contributed by atoms with Crippen LogP contribution in [0.3, 0.4) is 0 Å². The molecule has 1 aromatic heterocycles. The van der Waals surface area contributed by atoms with Gasteiger partial charge in [-0.05, 0) is 63.0 Å². The Hall–Kier alpha value is -5.28. The highest BCUT2D eigenvalue weighted by atomic mass is 16.5. The van der Waals surface area contributed by atoms with Crippen molar-refractivity contribution in [1.29, 1.82) is 0 Å². The first-order valence-corrected chi connectivity index (χ1v) is 18.9. The summed E-state index contributed by atoms with van der Waals surface area (Å²) in [6.07, 6.45) is 4.69. The number of benzene rings is 1. The summed E-state index contributed by atoms with van der Waals surface area (Å²) in [5, 5.41) is 12.6. The highest BCUT2D eigenvalue weighted by Crippen LogP contribution is 2.28. The molecule has 4 aliphatic heterocycles. The van der Waals surface area contributed by atoms with E-state index in [1.807, 2.05) is 37.3 Å². The van der Waals surface area contributed by atoms with Gasteiger partial charge in [0.15, 0.2) is 0 Å². The molecule has 4 aliphatic rings. The molecule has 0 bridgehead atoms. The van der Waals surface area contributed by atoms with Gasteiger partial charge in [0.25, 0.3) is 0 Å².